The van der Waals surface area contributed by atoms with Gasteiger partial charge in [-0.3, -0.25) is 0 Å². The van der Waals surface area contributed by atoms with Crippen molar-refractivity contribution in [2.45, 2.75) is 13.8 Å². The average molecular weight is 351 g/mol. The Bertz CT molecular complexity index is 652. The molecule has 0 saturated carbocycles. The Balaban J connectivity index is 2.18. The van der Waals surface area contributed by atoms with E-state index in [4.69, 9.17) is 25.6 Å². The Labute approximate surface area is 147 Å². The standard InChI is InChI=1S/C18H23ClN2O3/c1-4-21(5-2)10-12-24-20-18(17-7-6-11-23-17)15-9-8-14(22-3)13-16(15)19/h6-9,11,13H,4-5,10,12H2,1-3H3. The molecule has 0 spiro atoms. The first-order valence-electron chi connectivity index (χ1n) is 7.99. The maximum absolute atomic E-state index is 6.36. The lowest BCUT2D eigenvalue weighted by Gasteiger charge is -2.16. The third kappa shape index (κ3) is 4.76. The molecule has 0 saturated heterocycles. The van der Waals surface area contributed by atoms with Crippen LogP contribution < -0.4 is 4.74 Å². The molecule has 0 radical (unpaired) electrons. The van der Waals surface area contributed by atoms with Gasteiger partial charge in [0.15, 0.2) is 11.5 Å². The number of furan rings is 1. The highest BCUT2D eigenvalue weighted by atomic mass is 35.5. The number of hydrogen-bond acceptors (Lipinski definition) is 5. The van der Waals surface area contributed by atoms with Crippen LogP contribution in [0.3, 0.4) is 0 Å². The minimum atomic E-state index is 0.500. The van der Waals surface area contributed by atoms with Gasteiger partial charge >= 0.3 is 0 Å². The monoisotopic (exact) mass is 350 g/mol. The summed E-state index contributed by atoms with van der Waals surface area (Å²) >= 11 is 6.36. The molecule has 1 aromatic heterocycles. The van der Waals surface area contributed by atoms with Crippen molar-refractivity contribution in [3.05, 3.63) is 52.9 Å². The van der Waals surface area contributed by atoms with Crippen molar-refractivity contribution in [1.82, 2.24) is 4.90 Å². The summed E-state index contributed by atoms with van der Waals surface area (Å²) in [4.78, 5) is 7.78. The van der Waals surface area contributed by atoms with Crippen LogP contribution in [0.2, 0.25) is 5.02 Å². The van der Waals surface area contributed by atoms with Crippen LogP contribution in [0.25, 0.3) is 0 Å². The Kier molecular flexibility index (Phi) is 7.15. The molecule has 0 aliphatic heterocycles. The van der Waals surface area contributed by atoms with Crippen molar-refractivity contribution in [2.75, 3.05) is 33.4 Å². The SMILES string of the molecule is CCN(CC)CCON=C(c1ccco1)c1ccc(OC)cc1Cl. The van der Waals surface area contributed by atoms with Gasteiger partial charge in [0.2, 0.25) is 0 Å². The molecule has 0 amide bonds. The van der Waals surface area contributed by atoms with Crippen LogP contribution in [0.15, 0.2) is 46.2 Å². The van der Waals surface area contributed by atoms with Gasteiger partial charge in [-0.2, -0.15) is 0 Å². The van der Waals surface area contributed by atoms with E-state index in [2.05, 4.69) is 23.9 Å². The zero-order valence-electron chi connectivity index (χ0n) is 14.3. The van der Waals surface area contributed by atoms with Gasteiger partial charge < -0.3 is 18.9 Å². The Morgan fingerprint density at radius 2 is 2.04 bits per heavy atom. The lowest BCUT2D eigenvalue weighted by molar-refractivity contribution is 0.114. The third-order valence-corrected chi connectivity index (χ3v) is 4.05. The van der Waals surface area contributed by atoms with Crippen LogP contribution >= 0.6 is 11.6 Å². The molecule has 1 aromatic carbocycles. The van der Waals surface area contributed by atoms with Crippen molar-refractivity contribution < 1.29 is 14.0 Å². The molecule has 0 bridgehead atoms. The van der Waals surface area contributed by atoms with E-state index in [1.807, 2.05) is 18.2 Å². The summed E-state index contributed by atoms with van der Waals surface area (Å²) in [7, 11) is 1.60. The highest BCUT2D eigenvalue weighted by Gasteiger charge is 2.15. The molecule has 5 nitrogen and oxygen atoms in total. The van der Waals surface area contributed by atoms with Crippen molar-refractivity contribution in [2.24, 2.45) is 5.16 Å². The zero-order chi connectivity index (χ0) is 17.4. The number of likely N-dealkylation sites (N-methyl/N-ethyl adjacent to an activating group) is 1. The van der Waals surface area contributed by atoms with E-state index in [0.717, 1.165) is 25.2 Å². The predicted octanol–water partition coefficient (Wildman–Crippen LogP) is 4.05. The van der Waals surface area contributed by atoms with Crippen molar-refractivity contribution in [3.63, 3.8) is 0 Å². The smallest absolute Gasteiger partial charge is 0.156 e. The number of oxime groups is 1. The minimum Gasteiger partial charge on any atom is -0.497 e. The molecular formula is C18H23ClN2O3. The maximum atomic E-state index is 6.36. The third-order valence-electron chi connectivity index (χ3n) is 3.74. The fourth-order valence-corrected chi connectivity index (χ4v) is 2.54. The molecule has 0 aliphatic carbocycles. The van der Waals surface area contributed by atoms with E-state index in [-0.39, 0.29) is 0 Å². The van der Waals surface area contributed by atoms with Crippen LogP contribution in [0, 0.1) is 0 Å². The maximum Gasteiger partial charge on any atom is 0.156 e. The Hall–Kier alpha value is -1.98. The quantitative estimate of drug-likeness (QED) is 0.389. The molecule has 0 aliphatic rings. The number of benzene rings is 1. The highest BCUT2D eigenvalue weighted by molar-refractivity contribution is 6.35. The first kappa shape index (κ1) is 18.4. The van der Waals surface area contributed by atoms with Gasteiger partial charge in [0.05, 0.1) is 18.4 Å². The lowest BCUT2D eigenvalue weighted by atomic mass is 10.1. The van der Waals surface area contributed by atoms with Gasteiger partial charge in [-0.05, 0) is 43.4 Å². The number of rotatable bonds is 9. The number of ether oxygens (including phenoxy) is 1. The highest BCUT2D eigenvalue weighted by Crippen LogP contribution is 2.25. The van der Waals surface area contributed by atoms with Gasteiger partial charge in [0.25, 0.3) is 0 Å². The van der Waals surface area contributed by atoms with E-state index < -0.39 is 0 Å². The van der Waals surface area contributed by atoms with Crippen LogP contribution in [0.5, 0.6) is 5.75 Å². The van der Waals surface area contributed by atoms with Gasteiger partial charge in [-0.25, -0.2) is 0 Å². The van der Waals surface area contributed by atoms with Crippen LogP contribution in [-0.2, 0) is 4.84 Å². The topological polar surface area (TPSA) is 47.2 Å². The number of nitrogens with zero attached hydrogens (tertiary/aromatic N) is 2. The first-order chi connectivity index (χ1) is 11.7. The first-order valence-corrected chi connectivity index (χ1v) is 8.37. The molecular weight excluding hydrogens is 328 g/mol. The van der Waals surface area contributed by atoms with Crippen molar-refractivity contribution in [1.29, 1.82) is 0 Å². The average Bonchev–Trinajstić information content (AvgIpc) is 3.13. The van der Waals surface area contributed by atoms with Crippen LogP contribution in [0.4, 0.5) is 0 Å². The van der Waals surface area contributed by atoms with E-state index in [1.165, 1.54) is 0 Å². The minimum absolute atomic E-state index is 0.500. The normalized spacial score (nSPS) is 11.8. The van der Waals surface area contributed by atoms with Crippen LogP contribution in [-0.4, -0.2) is 44.0 Å². The molecule has 2 rings (SSSR count). The van der Waals surface area contributed by atoms with E-state index in [0.29, 0.717) is 28.9 Å². The molecule has 0 unspecified atom stereocenters. The van der Waals surface area contributed by atoms with Crippen molar-refractivity contribution >= 4 is 17.3 Å². The van der Waals surface area contributed by atoms with Crippen molar-refractivity contribution in [3.8, 4) is 5.75 Å². The molecule has 130 valence electrons. The van der Waals surface area contributed by atoms with Crippen LogP contribution in [0.1, 0.15) is 25.2 Å². The van der Waals surface area contributed by atoms with Gasteiger partial charge in [0, 0.05) is 12.1 Å². The summed E-state index contributed by atoms with van der Waals surface area (Å²) in [5, 5.41) is 4.79. The summed E-state index contributed by atoms with van der Waals surface area (Å²) in [6.07, 6.45) is 1.60. The summed E-state index contributed by atoms with van der Waals surface area (Å²) < 4.78 is 10.7. The largest absolute Gasteiger partial charge is 0.497 e. The van der Waals surface area contributed by atoms with E-state index in [9.17, 15) is 0 Å². The summed E-state index contributed by atoms with van der Waals surface area (Å²) in [6.45, 7) is 7.53. The van der Waals surface area contributed by atoms with Gasteiger partial charge in [0.1, 0.15) is 12.4 Å². The lowest BCUT2D eigenvalue weighted by Crippen LogP contribution is -2.26. The second kappa shape index (κ2) is 9.35. The molecule has 0 atom stereocenters. The molecule has 6 heteroatoms. The molecule has 24 heavy (non-hydrogen) atoms. The number of methoxy groups -OCH3 is 1. The van der Waals surface area contributed by atoms with E-state index in [1.54, 1.807) is 25.5 Å². The molecule has 1 heterocycles. The molecule has 2 aromatic rings. The summed E-state index contributed by atoms with van der Waals surface area (Å²) in [5.41, 5.74) is 1.29. The Morgan fingerprint density at radius 3 is 2.62 bits per heavy atom. The van der Waals surface area contributed by atoms with E-state index >= 15 is 0 Å². The second-order valence-electron chi connectivity index (χ2n) is 5.12. The Morgan fingerprint density at radius 1 is 1.25 bits per heavy atom. The van der Waals surface area contributed by atoms with Gasteiger partial charge in [-0.1, -0.05) is 30.6 Å². The second-order valence-corrected chi connectivity index (χ2v) is 5.53. The zero-order valence-corrected chi connectivity index (χ0v) is 15.0. The fraction of sp³-hybridized carbons (Fsp3) is 0.389. The molecule has 0 N–H and O–H groups in total. The predicted molar refractivity (Wildman–Crippen MR) is 96.1 cm³/mol. The number of hydrogen-bond donors (Lipinski definition) is 0. The summed E-state index contributed by atoms with van der Waals surface area (Å²) in [5.74, 6) is 1.29. The summed E-state index contributed by atoms with van der Waals surface area (Å²) in [6, 6.07) is 9.04. The molecule has 0 fully saturated rings. The number of halogens is 1. The van der Waals surface area contributed by atoms with Gasteiger partial charge in [-0.15, -0.1) is 0 Å². The fourth-order valence-electron chi connectivity index (χ4n) is 2.27.